The Morgan fingerprint density at radius 3 is 2.38 bits per heavy atom. The lowest BCUT2D eigenvalue weighted by atomic mass is 9.82. The van der Waals surface area contributed by atoms with Crippen molar-refractivity contribution in [1.29, 1.82) is 0 Å². The van der Waals surface area contributed by atoms with E-state index in [1.165, 1.54) is 24.3 Å². The number of aromatic nitrogens is 1. The summed E-state index contributed by atoms with van der Waals surface area (Å²) in [5.74, 6) is 0.459. The molecule has 1 N–H and O–H groups in total. The van der Waals surface area contributed by atoms with E-state index in [1.807, 2.05) is 18.2 Å². The molecule has 34 heavy (non-hydrogen) atoms. The Bertz CT molecular complexity index is 1360. The maximum atomic E-state index is 13.0. The molecule has 0 unspecified atom stereocenters. The second-order valence-corrected chi connectivity index (χ2v) is 10.4. The van der Waals surface area contributed by atoms with Crippen LogP contribution in [0.4, 0.5) is 5.69 Å². The monoisotopic (exact) mass is 479 g/mol. The van der Waals surface area contributed by atoms with Crippen molar-refractivity contribution < 1.29 is 17.9 Å². The molecule has 2 aliphatic heterocycles. The molecule has 5 rings (SSSR count). The van der Waals surface area contributed by atoms with E-state index in [2.05, 4.69) is 4.72 Å². The van der Waals surface area contributed by atoms with Crippen LogP contribution in [0.15, 0.2) is 82.5 Å². The van der Waals surface area contributed by atoms with Crippen LogP contribution < -0.4 is 15.0 Å². The normalized spacial score (nSPS) is 19.2. The number of hydrogen-bond donors (Lipinski definition) is 1. The SMILES string of the molecule is O=C(COc1ccccc1)N1C[C@@H]2C[C@H](C1)c1c(NS(=O)(=O)c3ccccc3)ccc(=O)n1C2. The lowest BCUT2D eigenvalue weighted by Gasteiger charge is -2.43. The number of likely N-dealkylation sites (tertiary alicyclic amines) is 1. The Hall–Kier alpha value is -3.59. The summed E-state index contributed by atoms with van der Waals surface area (Å²) in [6, 6.07) is 20.2. The zero-order valence-corrected chi connectivity index (χ0v) is 19.3. The molecule has 3 heterocycles. The molecular weight excluding hydrogens is 454 g/mol. The van der Waals surface area contributed by atoms with E-state index >= 15 is 0 Å². The quantitative estimate of drug-likeness (QED) is 0.586. The van der Waals surface area contributed by atoms with Gasteiger partial charge in [-0.3, -0.25) is 14.3 Å². The van der Waals surface area contributed by atoms with Gasteiger partial charge in [0, 0.05) is 31.6 Å². The summed E-state index contributed by atoms with van der Waals surface area (Å²) in [5, 5.41) is 0. The van der Waals surface area contributed by atoms with Gasteiger partial charge in [-0.15, -0.1) is 0 Å². The van der Waals surface area contributed by atoms with Gasteiger partial charge in [-0.2, -0.15) is 0 Å². The average Bonchev–Trinajstić information content (AvgIpc) is 2.85. The number of anilines is 1. The van der Waals surface area contributed by atoms with E-state index in [1.54, 1.807) is 39.8 Å². The maximum Gasteiger partial charge on any atom is 0.261 e. The smallest absolute Gasteiger partial charge is 0.261 e. The van der Waals surface area contributed by atoms with Crippen LogP contribution >= 0.6 is 0 Å². The van der Waals surface area contributed by atoms with Crippen molar-refractivity contribution in [1.82, 2.24) is 9.47 Å². The third-order valence-electron chi connectivity index (χ3n) is 6.35. The van der Waals surface area contributed by atoms with Crippen molar-refractivity contribution in [3.8, 4) is 5.75 Å². The van der Waals surface area contributed by atoms with Crippen molar-refractivity contribution in [3.05, 3.63) is 88.8 Å². The Morgan fingerprint density at radius 1 is 0.941 bits per heavy atom. The molecule has 8 nitrogen and oxygen atoms in total. The number of rotatable bonds is 6. The molecule has 2 aromatic carbocycles. The van der Waals surface area contributed by atoms with E-state index in [9.17, 15) is 18.0 Å². The molecule has 176 valence electrons. The summed E-state index contributed by atoms with van der Waals surface area (Å²) in [6.07, 6.45) is 0.785. The highest BCUT2D eigenvalue weighted by Gasteiger charge is 2.38. The molecule has 1 aromatic heterocycles. The van der Waals surface area contributed by atoms with Crippen LogP contribution in [0.2, 0.25) is 0 Å². The molecule has 2 bridgehead atoms. The van der Waals surface area contributed by atoms with E-state index in [-0.39, 0.29) is 34.8 Å². The van der Waals surface area contributed by atoms with Gasteiger partial charge >= 0.3 is 0 Å². The Labute approximate surface area is 197 Å². The highest BCUT2D eigenvalue weighted by Crippen LogP contribution is 2.39. The number of fused-ring (bicyclic) bond motifs is 4. The Kier molecular flexibility index (Phi) is 5.87. The van der Waals surface area contributed by atoms with E-state index in [0.29, 0.717) is 36.8 Å². The number of para-hydroxylation sites is 1. The number of pyridine rings is 1. The highest BCUT2D eigenvalue weighted by atomic mass is 32.2. The first kappa shape index (κ1) is 22.2. The Morgan fingerprint density at radius 2 is 1.65 bits per heavy atom. The number of carbonyl (C=O) groups is 1. The van der Waals surface area contributed by atoms with Gasteiger partial charge in [-0.1, -0.05) is 36.4 Å². The third kappa shape index (κ3) is 4.43. The predicted molar refractivity (Wildman–Crippen MR) is 127 cm³/mol. The van der Waals surface area contributed by atoms with Crippen molar-refractivity contribution in [2.45, 2.75) is 23.8 Å². The van der Waals surface area contributed by atoms with Gasteiger partial charge in [0.25, 0.3) is 21.5 Å². The second-order valence-electron chi connectivity index (χ2n) is 8.70. The van der Waals surface area contributed by atoms with Gasteiger partial charge in [0.05, 0.1) is 16.3 Å². The fraction of sp³-hybridized carbons (Fsp3) is 0.280. The minimum Gasteiger partial charge on any atom is -0.484 e. The standard InChI is InChI=1S/C25H25N3O5S/c29-23-12-11-22(26-34(31,32)21-9-5-2-6-10-21)25-19-13-18(15-28(23)25)14-27(16-19)24(30)17-33-20-7-3-1-4-8-20/h1-12,18-19,26H,13-17H2/t18-,19+/m0/s1. The molecule has 2 aliphatic rings. The van der Waals surface area contributed by atoms with Gasteiger partial charge in [-0.05, 0) is 42.7 Å². The topological polar surface area (TPSA) is 97.7 Å². The summed E-state index contributed by atoms with van der Waals surface area (Å²) < 4.78 is 35.9. The number of benzene rings is 2. The Balaban J connectivity index is 1.39. The number of ether oxygens (including phenoxy) is 1. The molecule has 3 aromatic rings. The zero-order valence-electron chi connectivity index (χ0n) is 18.5. The second kappa shape index (κ2) is 8.98. The minimum absolute atomic E-state index is 0.0709. The first-order valence-electron chi connectivity index (χ1n) is 11.2. The highest BCUT2D eigenvalue weighted by molar-refractivity contribution is 7.92. The number of piperidine rings is 1. The van der Waals surface area contributed by atoms with Gasteiger partial charge < -0.3 is 14.2 Å². The summed E-state index contributed by atoms with van der Waals surface area (Å²) in [7, 11) is -3.82. The molecular formula is C25H25N3O5S. The largest absolute Gasteiger partial charge is 0.484 e. The van der Waals surface area contributed by atoms with E-state index < -0.39 is 10.0 Å². The molecule has 0 aliphatic carbocycles. The molecule has 9 heteroatoms. The molecule has 1 amide bonds. The summed E-state index contributed by atoms with van der Waals surface area (Å²) >= 11 is 0. The van der Waals surface area contributed by atoms with Crippen molar-refractivity contribution in [2.75, 3.05) is 24.4 Å². The van der Waals surface area contributed by atoms with Crippen molar-refractivity contribution >= 4 is 21.6 Å². The molecule has 1 saturated heterocycles. The zero-order chi connectivity index (χ0) is 23.7. The van der Waals surface area contributed by atoms with Crippen LogP contribution in [0.3, 0.4) is 0 Å². The van der Waals surface area contributed by atoms with Crippen LogP contribution in [-0.2, 0) is 21.4 Å². The lowest BCUT2D eigenvalue weighted by molar-refractivity contribution is -0.136. The molecule has 0 radical (unpaired) electrons. The van der Waals surface area contributed by atoms with Crippen LogP contribution in [-0.4, -0.2) is 43.5 Å². The summed E-state index contributed by atoms with van der Waals surface area (Å²) in [4.78, 5) is 27.5. The van der Waals surface area contributed by atoms with E-state index in [4.69, 9.17) is 4.74 Å². The number of carbonyl (C=O) groups excluding carboxylic acids is 1. The van der Waals surface area contributed by atoms with E-state index in [0.717, 1.165) is 6.42 Å². The number of amides is 1. The number of nitrogens with zero attached hydrogens (tertiary/aromatic N) is 2. The first-order valence-corrected chi connectivity index (χ1v) is 12.7. The molecule has 2 atom stereocenters. The van der Waals surface area contributed by atoms with Crippen molar-refractivity contribution in [3.63, 3.8) is 0 Å². The number of sulfonamides is 1. The molecule has 0 saturated carbocycles. The predicted octanol–water partition coefficient (Wildman–Crippen LogP) is 2.67. The lowest BCUT2D eigenvalue weighted by Crippen LogP contribution is -2.50. The van der Waals surface area contributed by atoms with Gasteiger partial charge in [-0.25, -0.2) is 8.42 Å². The fourth-order valence-corrected chi connectivity index (χ4v) is 5.96. The maximum absolute atomic E-state index is 13.0. The average molecular weight is 480 g/mol. The minimum atomic E-state index is -3.82. The third-order valence-corrected chi connectivity index (χ3v) is 7.73. The van der Waals surface area contributed by atoms with Gasteiger partial charge in [0.2, 0.25) is 0 Å². The van der Waals surface area contributed by atoms with Gasteiger partial charge in [0.1, 0.15) is 5.75 Å². The van der Waals surface area contributed by atoms with Crippen LogP contribution in [0.25, 0.3) is 0 Å². The molecule has 0 spiro atoms. The van der Waals surface area contributed by atoms with Crippen molar-refractivity contribution in [2.24, 2.45) is 5.92 Å². The van der Waals surface area contributed by atoms with Crippen LogP contribution in [0.1, 0.15) is 18.0 Å². The number of nitrogens with one attached hydrogen (secondary N) is 1. The van der Waals surface area contributed by atoms with Crippen LogP contribution in [0, 0.1) is 5.92 Å². The number of hydrogen-bond acceptors (Lipinski definition) is 5. The van der Waals surface area contributed by atoms with Gasteiger partial charge in [0.15, 0.2) is 6.61 Å². The first-order chi connectivity index (χ1) is 16.4. The van der Waals surface area contributed by atoms with Crippen LogP contribution in [0.5, 0.6) is 5.75 Å². The molecule has 1 fully saturated rings. The summed E-state index contributed by atoms with van der Waals surface area (Å²) in [6.45, 7) is 1.31. The summed E-state index contributed by atoms with van der Waals surface area (Å²) in [5.41, 5.74) is 0.839. The fourth-order valence-electron chi connectivity index (χ4n) is 4.86.